The molecule has 1 rings (SSSR count). The highest BCUT2D eigenvalue weighted by Gasteiger charge is 2.19. The van der Waals surface area contributed by atoms with E-state index in [0.717, 1.165) is 19.0 Å². The molecule has 0 aromatic carbocycles. The van der Waals surface area contributed by atoms with E-state index >= 15 is 0 Å². The molecule has 1 aliphatic heterocycles. The van der Waals surface area contributed by atoms with Gasteiger partial charge in [-0.05, 0) is 46.4 Å². The molecule has 0 aromatic heterocycles. The van der Waals surface area contributed by atoms with Crippen LogP contribution < -0.4 is 0 Å². The molecule has 13 heavy (non-hydrogen) atoms. The van der Waals surface area contributed by atoms with Gasteiger partial charge in [-0.1, -0.05) is 0 Å². The lowest BCUT2D eigenvalue weighted by Crippen LogP contribution is -2.42. The van der Waals surface area contributed by atoms with Crippen LogP contribution in [0.1, 0.15) is 19.3 Å². The van der Waals surface area contributed by atoms with Gasteiger partial charge >= 0.3 is 0 Å². The summed E-state index contributed by atoms with van der Waals surface area (Å²) in [5, 5.41) is 8.72. The van der Waals surface area contributed by atoms with Gasteiger partial charge < -0.3 is 14.9 Å². The Kier molecular flexibility index (Phi) is 4.70. The Morgan fingerprint density at radius 2 is 2.00 bits per heavy atom. The number of piperidine rings is 1. The van der Waals surface area contributed by atoms with Crippen molar-refractivity contribution in [2.24, 2.45) is 0 Å². The quantitative estimate of drug-likeness (QED) is 0.688. The Hall–Kier alpha value is -0.120. The number of hydrogen-bond acceptors (Lipinski definition) is 3. The smallest absolute Gasteiger partial charge is 0.0443 e. The number of rotatable bonds is 4. The first kappa shape index (κ1) is 11.0. The van der Waals surface area contributed by atoms with Gasteiger partial charge in [-0.15, -0.1) is 0 Å². The number of aliphatic hydroxyl groups is 1. The summed E-state index contributed by atoms with van der Waals surface area (Å²) in [7, 11) is 4.36. The van der Waals surface area contributed by atoms with Crippen LogP contribution in [0, 0.1) is 0 Å². The zero-order chi connectivity index (χ0) is 9.68. The largest absolute Gasteiger partial charge is 0.396 e. The van der Waals surface area contributed by atoms with E-state index in [1.807, 2.05) is 0 Å². The van der Waals surface area contributed by atoms with E-state index in [1.165, 1.54) is 25.9 Å². The predicted octanol–water partition coefficient (Wildman–Crippen LogP) is 0.395. The van der Waals surface area contributed by atoms with E-state index in [-0.39, 0.29) is 0 Å². The highest BCUT2D eigenvalue weighted by Crippen LogP contribution is 2.13. The predicted molar refractivity (Wildman–Crippen MR) is 54.9 cm³/mol. The van der Waals surface area contributed by atoms with Crippen LogP contribution in [0.5, 0.6) is 0 Å². The maximum absolute atomic E-state index is 8.72. The van der Waals surface area contributed by atoms with Crippen LogP contribution in [0.15, 0.2) is 0 Å². The Morgan fingerprint density at radius 1 is 1.38 bits per heavy atom. The summed E-state index contributed by atoms with van der Waals surface area (Å²) in [5.41, 5.74) is 0. The van der Waals surface area contributed by atoms with Crippen molar-refractivity contribution in [3.05, 3.63) is 0 Å². The van der Waals surface area contributed by atoms with Crippen LogP contribution >= 0.6 is 0 Å². The first-order valence-electron chi connectivity index (χ1n) is 5.23. The summed E-state index contributed by atoms with van der Waals surface area (Å²) in [6.07, 6.45) is 3.46. The fourth-order valence-electron chi connectivity index (χ4n) is 1.94. The third-order valence-corrected chi connectivity index (χ3v) is 2.98. The highest BCUT2D eigenvalue weighted by atomic mass is 16.3. The minimum Gasteiger partial charge on any atom is -0.396 e. The Labute approximate surface area is 81.3 Å². The molecule has 78 valence electrons. The molecule has 1 N–H and O–H groups in total. The van der Waals surface area contributed by atoms with Crippen molar-refractivity contribution in [1.29, 1.82) is 0 Å². The molecule has 1 aliphatic rings. The molecule has 3 heteroatoms. The van der Waals surface area contributed by atoms with Crippen molar-refractivity contribution in [3.63, 3.8) is 0 Å². The molecule has 0 atom stereocenters. The molecule has 3 nitrogen and oxygen atoms in total. The highest BCUT2D eigenvalue weighted by molar-refractivity contribution is 4.76. The lowest BCUT2D eigenvalue weighted by Gasteiger charge is -2.35. The van der Waals surface area contributed by atoms with Gasteiger partial charge in [0.15, 0.2) is 0 Å². The summed E-state index contributed by atoms with van der Waals surface area (Å²) < 4.78 is 0. The van der Waals surface area contributed by atoms with E-state index in [4.69, 9.17) is 5.11 Å². The summed E-state index contributed by atoms with van der Waals surface area (Å²) in [6, 6.07) is 0.739. The molecular formula is C10H22N2O. The van der Waals surface area contributed by atoms with E-state index in [9.17, 15) is 0 Å². The van der Waals surface area contributed by atoms with Gasteiger partial charge in [-0.3, -0.25) is 0 Å². The Balaban J connectivity index is 2.19. The molecule has 1 heterocycles. The zero-order valence-corrected chi connectivity index (χ0v) is 8.87. The molecule has 0 amide bonds. The number of nitrogens with zero attached hydrogens (tertiary/aromatic N) is 2. The van der Waals surface area contributed by atoms with Crippen molar-refractivity contribution in [1.82, 2.24) is 9.80 Å². The van der Waals surface area contributed by atoms with Crippen LogP contribution in [-0.4, -0.2) is 61.3 Å². The third-order valence-electron chi connectivity index (χ3n) is 2.98. The second-order valence-corrected chi connectivity index (χ2v) is 4.09. The van der Waals surface area contributed by atoms with Crippen LogP contribution in [0.4, 0.5) is 0 Å². The van der Waals surface area contributed by atoms with Gasteiger partial charge in [0.1, 0.15) is 0 Å². The van der Waals surface area contributed by atoms with Crippen LogP contribution in [0.2, 0.25) is 0 Å². The normalized spacial score (nSPS) is 21.2. The molecule has 0 bridgehead atoms. The maximum atomic E-state index is 8.72. The van der Waals surface area contributed by atoms with E-state index in [1.54, 1.807) is 0 Å². The molecule has 0 aliphatic carbocycles. The summed E-state index contributed by atoms with van der Waals surface area (Å²) >= 11 is 0. The lowest BCUT2D eigenvalue weighted by atomic mass is 10.0. The molecule has 0 spiro atoms. The number of hydrogen-bond donors (Lipinski definition) is 1. The van der Waals surface area contributed by atoms with Crippen molar-refractivity contribution >= 4 is 0 Å². The lowest BCUT2D eigenvalue weighted by molar-refractivity contribution is 0.136. The molecule has 0 saturated carbocycles. The van der Waals surface area contributed by atoms with Crippen molar-refractivity contribution < 1.29 is 5.11 Å². The number of likely N-dealkylation sites (tertiary alicyclic amines) is 1. The second-order valence-electron chi connectivity index (χ2n) is 4.09. The van der Waals surface area contributed by atoms with E-state index in [2.05, 4.69) is 23.9 Å². The van der Waals surface area contributed by atoms with Crippen LogP contribution in [0.3, 0.4) is 0 Å². The van der Waals surface area contributed by atoms with Crippen molar-refractivity contribution in [2.75, 3.05) is 40.3 Å². The van der Waals surface area contributed by atoms with Crippen molar-refractivity contribution in [2.45, 2.75) is 25.3 Å². The average Bonchev–Trinajstić information content (AvgIpc) is 2.15. The summed E-state index contributed by atoms with van der Waals surface area (Å²) in [6.45, 7) is 3.78. The van der Waals surface area contributed by atoms with Gasteiger partial charge in [0, 0.05) is 19.2 Å². The molecule has 0 aromatic rings. The van der Waals surface area contributed by atoms with Crippen LogP contribution in [0.25, 0.3) is 0 Å². The van der Waals surface area contributed by atoms with E-state index < -0.39 is 0 Å². The molecule has 1 saturated heterocycles. The zero-order valence-electron chi connectivity index (χ0n) is 8.87. The fourth-order valence-corrected chi connectivity index (χ4v) is 1.94. The average molecular weight is 186 g/mol. The summed E-state index contributed by atoms with van der Waals surface area (Å²) in [5.74, 6) is 0. The molecule has 0 radical (unpaired) electrons. The first-order valence-corrected chi connectivity index (χ1v) is 5.23. The van der Waals surface area contributed by atoms with Gasteiger partial charge in [0.25, 0.3) is 0 Å². The molecular weight excluding hydrogens is 164 g/mol. The second kappa shape index (κ2) is 5.58. The monoisotopic (exact) mass is 186 g/mol. The third kappa shape index (κ3) is 3.63. The van der Waals surface area contributed by atoms with Gasteiger partial charge in [0.05, 0.1) is 0 Å². The SMILES string of the molecule is CN1CCC(N(C)CCCO)CC1. The Morgan fingerprint density at radius 3 is 2.54 bits per heavy atom. The summed E-state index contributed by atoms with van der Waals surface area (Å²) in [4.78, 5) is 4.78. The fraction of sp³-hybridized carbons (Fsp3) is 1.00. The minimum atomic E-state index is 0.316. The first-order chi connectivity index (χ1) is 6.24. The van der Waals surface area contributed by atoms with Gasteiger partial charge in [-0.2, -0.15) is 0 Å². The van der Waals surface area contributed by atoms with Crippen molar-refractivity contribution in [3.8, 4) is 0 Å². The van der Waals surface area contributed by atoms with E-state index in [0.29, 0.717) is 6.61 Å². The van der Waals surface area contributed by atoms with Crippen LogP contribution in [-0.2, 0) is 0 Å². The maximum Gasteiger partial charge on any atom is 0.0443 e. The standard InChI is InChI=1S/C10H22N2O/c1-11-7-4-10(5-8-11)12(2)6-3-9-13/h10,13H,3-9H2,1-2H3. The minimum absolute atomic E-state index is 0.316. The molecule has 0 unspecified atom stereocenters. The van der Waals surface area contributed by atoms with Gasteiger partial charge in [0.2, 0.25) is 0 Å². The molecule has 1 fully saturated rings. The Bertz CT molecular complexity index is 133. The number of aliphatic hydroxyl groups excluding tert-OH is 1. The topological polar surface area (TPSA) is 26.7 Å². The van der Waals surface area contributed by atoms with Gasteiger partial charge in [-0.25, -0.2) is 0 Å².